The maximum Gasteiger partial charge on any atom is 0.253 e. The normalized spacial score (nSPS) is 17.1. The lowest BCUT2D eigenvalue weighted by Crippen LogP contribution is -2.50. The number of piperidine rings is 1. The van der Waals surface area contributed by atoms with Crippen molar-refractivity contribution < 1.29 is 14.3 Å². The molecule has 2 aliphatic rings. The Labute approximate surface area is 221 Å². The molecule has 1 amide bonds. The van der Waals surface area contributed by atoms with Crippen molar-refractivity contribution in [3.8, 4) is 5.75 Å². The first-order valence-electron chi connectivity index (χ1n) is 12.5. The van der Waals surface area contributed by atoms with Gasteiger partial charge >= 0.3 is 0 Å². The molecule has 4 heterocycles. The summed E-state index contributed by atoms with van der Waals surface area (Å²) in [6.45, 7) is 9.30. The number of carbonyl (C=O) groups is 1. The van der Waals surface area contributed by atoms with E-state index in [1.165, 1.54) is 0 Å². The second kappa shape index (κ2) is 11.4. The van der Waals surface area contributed by atoms with Crippen LogP contribution < -0.4 is 15.4 Å². The fraction of sp³-hybridized carbons (Fsp3) is 0.423. The number of anilines is 3. The molecule has 2 saturated heterocycles. The zero-order chi connectivity index (χ0) is 25.8. The third-order valence-corrected chi connectivity index (χ3v) is 7.20. The van der Waals surface area contributed by atoms with Crippen molar-refractivity contribution in [2.45, 2.75) is 18.9 Å². The van der Waals surface area contributed by atoms with E-state index in [1.807, 2.05) is 17.0 Å². The molecule has 5 rings (SSSR count). The SMILES string of the molecule is C=CCNc1nc(Nc2ccc(C(=O)N3CCC(N4CCOCC4)CC3)cc2OC)nc2[nH]cc(Cl)c12. The summed E-state index contributed by atoms with van der Waals surface area (Å²) in [7, 11) is 1.58. The van der Waals surface area contributed by atoms with Gasteiger partial charge in [-0.1, -0.05) is 17.7 Å². The van der Waals surface area contributed by atoms with E-state index in [-0.39, 0.29) is 5.91 Å². The second-order valence-corrected chi connectivity index (χ2v) is 9.54. The van der Waals surface area contributed by atoms with Gasteiger partial charge in [0.1, 0.15) is 17.2 Å². The first-order chi connectivity index (χ1) is 18.1. The van der Waals surface area contributed by atoms with Gasteiger partial charge in [-0.15, -0.1) is 6.58 Å². The van der Waals surface area contributed by atoms with E-state index in [4.69, 9.17) is 21.1 Å². The Balaban J connectivity index is 1.29. The van der Waals surface area contributed by atoms with Crippen LogP contribution in [0, 0.1) is 0 Å². The van der Waals surface area contributed by atoms with E-state index in [2.05, 4.69) is 37.1 Å². The Bertz CT molecular complexity index is 1270. The number of nitrogens with zero attached hydrogens (tertiary/aromatic N) is 4. The number of aromatic nitrogens is 3. The number of nitrogens with one attached hydrogen (secondary N) is 3. The lowest BCUT2D eigenvalue weighted by Gasteiger charge is -2.40. The first kappa shape index (κ1) is 25.3. The van der Waals surface area contributed by atoms with Crippen molar-refractivity contribution in [2.75, 3.05) is 63.7 Å². The zero-order valence-electron chi connectivity index (χ0n) is 20.9. The summed E-state index contributed by atoms with van der Waals surface area (Å²) in [5.41, 5.74) is 1.84. The van der Waals surface area contributed by atoms with Crippen LogP contribution >= 0.6 is 11.6 Å². The Kier molecular flexibility index (Phi) is 7.78. The van der Waals surface area contributed by atoms with Crippen LogP contribution in [0.15, 0.2) is 37.1 Å². The molecule has 0 atom stereocenters. The van der Waals surface area contributed by atoms with Gasteiger partial charge < -0.3 is 30.0 Å². The van der Waals surface area contributed by atoms with E-state index < -0.39 is 0 Å². The summed E-state index contributed by atoms with van der Waals surface area (Å²) in [6.07, 6.45) is 5.38. The second-order valence-electron chi connectivity index (χ2n) is 9.14. The molecule has 0 unspecified atom stereocenters. The molecule has 2 aliphatic heterocycles. The predicted octanol–water partition coefficient (Wildman–Crippen LogP) is 3.90. The van der Waals surface area contributed by atoms with Crippen LogP contribution in [0.1, 0.15) is 23.2 Å². The summed E-state index contributed by atoms with van der Waals surface area (Å²) in [4.78, 5) is 29.9. The van der Waals surface area contributed by atoms with Crippen LogP contribution in [-0.4, -0.2) is 89.7 Å². The average molecular weight is 526 g/mol. The van der Waals surface area contributed by atoms with Crippen LogP contribution in [0.4, 0.5) is 17.5 Å². The molecule has 0 radical (unpaired) electrons. The van der Waals surface area contributed by atoms with Gasteiger partial charge in [0.15, 0.2) is 0 Å². The molecule has 10 nitrogen and oxygen atoms in total. The van der Waals surface area contributed by atoms with E-state index >= 15 is 0 Å². The minimum Gasteiger partial charge on any atom is -0.495 e. The number of hydrogen-bond donors (Lipinski definition) is 3. The van der Waals surface area contributed by atoms with Crippen LogP contribution in [0.5, 0.6) is 5.75 Å². The van der Waals surface area contributed by atoms with Crippen LogP contribution in [0.3, 0.4) is 0 Å². The topological polar surface area (TPSA) is 108 Å². The molecule has 0 bridgehead atoms. The van der Waals surface area contributed by atoms with E-state index in [0.29, 0.717) is 57.4 Å². The number of carbonyl (C=O) groups excluding carboxylic acids is 1. The van der Waals surface area contributed by atoms with Crippen molar-refractivity contribution >= 4 is 46.0 Å². The van der Waals surface area contributed by atoms with Gasteiger partial charge in [-0.25, -0.2) is 0 Å². The molecule has 2 aromatic heterocycles. The molecule has 37 heavy (non-hydrogen) atoms. The molecule has 3 N–H and O–H groups in total. The highest BCUT2D eigenvalue weighted by Crippen LogP contribution is 2.32. The number of benzene rings is 1. The van der Waals surface area contributed by atoms with Crippen LogP contribution in [0.25, 0.3) is 11.0 Å². The predicted molar refractivity (Wildman–Crippen MR) is 145 cm³/mol. The Morgan fingerprint density at radius 3 is 2.78 bits per heavy atom. The zero-order valence-corrected chi connectivity index (χ0v) is 21.7. The van der Waals surface area contributed by atoms with Crippen molar-refractivity contribution in [3.63, 3.8) is 0 Å². The number of H-pyrrole nitrogens is 1. The number of rotatable bonds is 8. The van der Waals surface area contributed by atoms with Gasteiger partial charge in [0.05, 0.1) is 36.4 Å². The molecule has 2 fully saturated rings. The summed E-state index contributed by atoms with van der Waals surface area (Å²) < 4.78 is 11.1. The molecular formula is C26H32ClN7O3. The van der Waals surface area contributed by atoms with Crippen molar-refractivity contribution in [2.24, 2.45) is 0 Å². The van der Waals surface area contributed by atoms with E-state index in [9.17, 15) is 4.79 Å². The number of hydrogen-bond acceptors (Lipinski definition) is 8. The molecular weight excluding hydrogens is 494 g/mol. The van der Waals surface area contributed by atoms with Gasteiger partial charge in [0.25, 0.3) is 5.91 Å². The highest BCUT2D eigenvalue weighted by molar-refractivity contribution is 6.36. The lowest BCUT2D eigenvalue weighted by molar-refractivity contribution is 0.00159. The third kappa shape index (κ3) is 5.51. The Hall–Kier alpha value is -3.34. The number of amides is 1. The number of aromatic amines is 1. The van der Waals surface area contributed by atoms with Gasteiger partial charge in [-0.05, 0) is 31.0 Å². The summed E-state index contributed by atoms with van der Waals surface area (Å²) >= 11 is 6.31. The highest BCUT2D eigenvalue weighted by Gasteiger charge is 2.28. The smallest absolute Gasteiger partial charge is 0.253 e. The van der Waals surface area contributed by atoms with Crippen molar-refractivity contribution in [3.05, 3.63) is 47.6 Å². The molecule has 11 heteroatoms. The fourth-order valence-electron chi connectivity index (χ4n) is 4.96. The highest BCUT2D eigenvalue weighted by atomic mass is 35.5. The molecule has 196 valence electrons. The van der Waals surface area contributed by atoms with Gasteiger partial charge in [0.2, 0.25) is 5.95 Å². The molecule has 1 aromatic carbocycles. The maximum absolute atomic E-state index is 13.3. The standard InChI is InChI=1S/C26H32ClN7O3/c1-3-8-28-23-22-19(27)16-29-24(22)32-26(31-23)30-20-5-4-17(15-21(20)36-2)25(35)34-9-6-18(7-10-34)33-11-13-37-14-12-33/h3-5,15-16,18H,1,6-14H2,2H3,(H3,28,29,30,31,32). The number of halogens is 1. The van der Waals surface area contributed by atoms with Crippen LogP contribution in [-0.2, 0) is 4.74 Å². The van der Waals surface area contributed by atoms with E-state index in [1.54, 1.807) is 25.4 Å². The quantitative estimate of drug-likeness (QED) is 0.380. The number of ether oxygens (including phenoxy) is 2. The number of morpholine rings is 1. The van der Waals surface area contributed by atoms with Gasteiger partial charge in [-0.3, -0.25) is 9.69 Å². The minimum atomic E-state index is 0.0138. The van der Waals surface area contributed by atoms with Gasteiger partial charge in [-0.2, -0.15) is 9.97 Å². The van der Waals surface area contributed by atoms with Crippen LogP contribution in [0.2, 0.25) is 5.02 Å². The molecule has 0 saturated carbocycles. The average Bonchev–Trinajstić information content (AvgIpc) is 3.32. The number of methoxy groups -OCH3 is 1. The van der Waals surface area contributed by atoms with Gasteiger partial charge in [0, 0.05) is 50.5 Å². The number of fused-ring (bicyclic) bond motifs is 1. The Morgan fingerprint density at radius 2 is 2.05 bits per heavy atom. The maximum atomic E-state index is 13.3. The molecule has 0 aliphatic carbocycles. The summed E-state index contributed by atoms with van der Waals surface area (Å²) in [6, 6.07) is 5.91. The fourth-order valence-corrected chi connectivity index (χ4v) is 5.19. The number of likely N-dealkylation sites (tertiary alicyclic amines) is 1. The third-order valence-electron chi connectivity index (χ3n) is 6.91. The van der Waals surface area contributed by atoms with E-state index in [0.717, 1.165) is 52.2 Å². The Morgan fingerprint density at radius 1 is 1.27 bits per heavy atom. The minimum absolute atomic E-state index is 0.0138. The first-order valence-corrected chi connectivity index (χ1v) is 12.9. The summed E-state index contributed by atoms with van der Waals surface area (Å²) in [5, 5.41) is 7.65. The molecule has 0 spiro atoms. The monoisotopic (exact) mass is 525 g/mol. The van der Waals surface area contributed by atoms with Crippen molar-refractivity contribution in [1.82, 2.24) is 24.8 Å². The largest absolute Gasteiger partial charge is 0.495 e. The summed E-state index contributed by atoms with van der Waals surface area (Å²) in [5.74, 6) is 1.49. The molecule has 3 aromatic rings. The van der Waals surface area contributed by atoms with Crippen molar-refractivity contribution in [1.29, 1.82) is 0 Å². The lowest BCUT2D eigenvalue weighted by atomic mass is 10.0.